The second kappa shape index (κ2) is 4.68. The number of halogens is 2. The van der Waals surface area contributed by atoms with Gasteiger partial charge in [0, 0.05) is 12.6 Å². The van der Waals surface area contributed by atoms with Gasteiger partial charge in [-0.1, -0.05) is 0 Å². The van der Waals surface area contributed by atoms with E-state index in [9.17, 15) is 13.6 Å². The molecule has 0 saturated carbocycles. The molecule has 5 nitrogen and oxygen atoms in total. The number of aryl methyl sites for hydroxylation is 1. The van der Waals surface area contributed by atoms with Crippen molar-refractivity contribution >= 4 is 5.97 Å². The van der Waals surface area contributed by atoms with Gasteiger partial charge in [-0.2, -0.15) is 5.10 Å². The highest BCUT2D eigenvalue weighted by Gasteiger charge is 2.20. The fourth-order valence-electron chi connectivity index (χ4n) is 1.74. The highest BCUT2D eigenvalue weighted by molar-refractivity contribution is 5.87. The SMILES string of the molecule is COc1c(F)ccc(-c2cc(C(=O)O)nn2C)c1F. The Morgan fingerprint density at radius 2 is 2.11 bits per heavy atom. The third-order valence-electron chi connectivity index (χ3n) is 2.63. The standard InChI is InChI=1S/C12H10F2N2O3/c1-16-9(5-8(15-16)12(17)18)6-3-4-7(13)11(19-2)10(6)14/h3-5H,1-2H3,(H,17,18). The predicted molar refractivity (Wildman–Crippen MR) is 62.1 cm³/mol. The lowest BCUT2D eigenvalue weighted by atomic mass is 10.1. The number of methoxy groups -OCH3 is 1. The first-order chi connectivity index (χ1) is 8.95. The molecule has 0 aliphatic rings. The number of carbonyl (C=O) groups is 1. The molecule has 1 aromatic carbocycles. The Balaban J connectivity index is 2.62. The van der Waals surface area contributed by atoms with Crippen molar-refractivity contribution in [1.82, 2.24) is 9.78 Å². The minimum atomic E-state index is -1.23. The maximum atomic E-state index is 14.1. The van der Waals surface area contributed by atoms with Gasteiger partial charge in [-0.15, -0.1) is 0 Å². The van der Waals surface area contributed by atoms with Crippen LogP contribution < -0.4 is 4.74 Å². The molecule has 0 bridgehead atoms. The third-order valence-corrected chi connectivity index (χ3v) is 2.63. The van der Waals surface area contributed by atoms with Gasteiger partial charge in [0.1, 0.15) is 0 Å². The lowest BCUT2D eigenvalue weighted by Gasteiger charge is -2.08. The van der Waals surface area contributed by atoms with Gasteiger partial charge in [-0.25, -0.2) is 13.6 Å². The summed E-state index contributed by atoms with van der Waals surface area (Å²) >= 11 is 0. The summed E-state index contributed by atoms with van der Waals surface area (Å²) in [7, 11) is 2.62. The molecule has 0 fully saturated rings. The zero-order valence-electron chi connectivity index (χ0n) is 10.1. The molecule has 19 heavy (non-hydrogen) atoms. The number of aromatic carboxylic acids is 1. The van der Waals surface area contributed by atoms with Gasteiger partial charge in [0.05, 0.1) is 12.8 Å². The van der Waals surface area contributed by atoms with Crippen LogP contribution in [0.15, 0.2) is 18.2 Å². The number of nitrogens with zero attached hydrogens (tertiary/aromatic N) is 2. The van der Waals surface area contributed by atoms with E-state index in [1.807, 2.05) is 0 Å². The average Bonchev–Trinajstić information content (AvgIpc) is 2.72. The van der Waals surface area contributed by atoms with E-state index in [4.69, 9.17) is 5.11 Å². The van der Waals surface area contributed by atoms with Crippen LogP contribution in [0.4, 0.5) is 8.78 Å². The molecule has 0 unspecified atom stereocenters. The van der Waals surface area contributed by atoms with Crippen LogP contribution in [0.5, 0.6) is 5.75 Å². The Morgan fingerprint density at radius 3 is 2.63 bits per heavy atom. The van der Waals surface area contributed by atoms with Crippen molar-refractivity contribution < 1.29 is 23.4 Å². The van der Waals surface area contributed by atoms with E-state index in [2.05, 4.69) is 9.84 Å². The number of carboxylic acid groups (broad SMARTS) is 1. The molecule has 0 spiro atoms. The molecule has 0 saturated heterocycles. The van der Waals surface area contributed by atoms with Crippen molar-refractivity contribution in [2.75, 3.05) is 7.11 Å². The molecule has 7 heteroatoms. The minimum absolute atomic E-state index is 0.0146. The molecule has 2 aromatic rings. The van der Waals surface area contributed by atoms with E-state index in [0.29, 0.717) is 0 Å². The van der Waals surface area contributed by atoms with Crippen LogP contribution in [0.3, 0.4) is 0 Å². The first-order valence-corrected chi connectivity index (χ1v) is 5.25. The lowest BCUT2D eigenvalue weighted by Crippen LogP contribution is -2.00. The Hall–Kier alpha value is -2.44. The van der Waals surface area contributed by atoms with E-state index >= 15 is 0 Å². The summed E-state index contributed by atoms with van der Waals surface area (Å²) in [6.07, 6.45) is 0. The average molecular weight is 268 g/mol. The number of hydrogen-bond donors (Lipinski definition) is 1. The van der Waals surface area contributed by atoms with Crippen LogP contribution in [-0.4, -0.2) is 28.0 Å². The molecule has 2 rings (SSSR count). The maximum Gasteiger partial charge on any atom is 0.356 e. The minimum Gasteiger partial charge on any atom is -0.491 e. The molecular weight excluding hydrogens is 258 g/mol. The Labute approximate surface area is 107 Å². The van der Waals surface area contributed by atoms with Crippen molar-refractivity contribution in [2.45, 2.75) is 0 Å². The Kier molecular flexibility index (Phi) is 3.20. The molecular formula is C12H10F2N2O3. The summed E-state index contributed by atoms with van der Waals surface area (Å²) in [5.74, 6) is -3.47. The predicted octanol–water partition coefficient (Wildman–Crippen LogP) is 2.07. The summed E-state index contributed by atoms with van der Waals surface area (Å²) in [4.78, 5) is 10.8. The second-order valence-corrected chi connectivity index (χ2v) is 3.79. The summed E-state index contributed by atoms with van der Waals surface area (Å²) in [6.45, 7) is 0. The van der Waals surface area contributed by atoms with Crippen LogP contribution in [0.25, 0.3) is 11.3 Å². The smallest absolute Gasteiger partial charge is 0.356 e. The van der Waals surface area contributed by atoms with E-state index in [-0.39, 0.29) is 17.0 Å². The third kappa shape index (κ3) is 2.14. The molecule has 1 aromatic heterocycles. The van der Waals surface area contributed by atoms with Crippen LogP contribution >= 0.6 is 0 Å². The van der Waals surface area contributed by atoms with E-state index in [0.717, 1.165) is 13.2 Å². The topological polar surface area (TPSA) is 64.3 Å². The number of aromatic nitrogens is 2. The monoisotopic (exact) mass is 268 g/mol. The first kappa shape index (κ1) is 13.0. The molecule has 1 heterocycles. The summed E-state index contributed by atoms with van der Waals surface area (Å²) in [5.41, 5.74) is 0.00846. The number of benzene rings is 1. The van der Waals surface area contributed by atoms with Gasteiger partial charge in [-0.05, 0) is 18.2 Å². The van der Waals surface area contributed by atoms with Crippen molar-refractivity contribution in [3.05, 3.63) is 35.5 Å². The molecule has 0 atom stereocenters. The highest BCUT2D eigenvalue weighted by atomic mass is 19.1. The quantitative estimate of drug-likeness (QED) is 0.925. The molecule has 0 aliphatic heterocycles. The van der Waals surface area contributed by atoms with Crippen LogP contribution in [0.2, 0.25) is 0 Å². The van der Waals surface area contributed by atoms with E-state index in [1.165, 1.54) is 23.9 Å². The Bertz CT molecular complexity index is 653. The van der Waals surface area contributed by atoms with Crippen LogP contribution in [0.1, 0.15) is 10.5 Å². The van der Waals surface area contributed by atoms with E-state index in [1.54, 1.807) is 0 Å². The van der Waals surface area contributed by atoms with E-state index < -0.39 is 23.4 Å². The molecule has 100 valence electrons. The molecule has 0 radical (unpaired) electrons. The zero-order chi connectivity index (χ0) is 14.2. The lowest BCUT2D eigenvalue weighted by molar-refractivity contribution is 0.0689. The van der Waals surface area contributed by atoms with Gasteiger partial charge < -0.3 is 9.84 Å². The van der Waals surface area contributed by atoms with Crippen molar-refractivity contribution in [1.29, 1.82) is 0 Å². The normalized spacial score (nSPS) is 10.5. The van der Waals surface area contributed by atoms with Gasteiger partial charge in [-0.3, -0.25) is 4.68 Å². The zero-order valence-corrected chi connectivity index (χ0v) is 10.1. The highest BCUT2D eigenvalue weighted by Crippen LogP contribution is 2.31. The fourth-order valence-corrected chi connectivity index (χ4v) is 1.74. The molecule has 0 aliphatic carbocycles. The molecule has 1 N–H and O–H groups in total. The van der Waals surface area contributed by atoms with Crippen molar-refractivity contribution in [3.63, 3.8) is 0 Å². The number of carboxylic acids is 1. The fraction of sp³-hybridized carbons (Fsp3) is 0.167. The first-order valence-electron chi connectivity index (χ1n) is 5.25. The number of rotatable bonds is 3. The number of ether oxygens (including phenoxy) is 1. The summed E-state index contributed by atoms with van der Waals surface area (Å²) in [5, 5.41) is 12.6. The van der Waals surface area contributed by atoms with Gasteiger partial charge in [0.15, 0.2) is 23.1 Å². The number of hydrogen-bond acceptors (Lipinski definition) is 3. The van der Waals surface area contributed by atoms with Gasteiger partial charge >= 0.3 is 5.97 Å². The van der Waals surface area contributed by atoms with Crippen molar-refractivity contribution in [3.8, 4) is 17.0 Å². The summed E-state index contributed by atoms with van der Waals surface area (Å²) < 4.78 is 33.2. The maximum absolute atomic E-state index is 14.1. The summed E-state index contributed by atoms with van der Waals surface area (Å²) in [6, 6.07) is 3.46. The second-order valence-electron chi connectivity index (χ2n) is 3.79. The van der Waals surface area contributed by atoms with Crippen LogP contribution in [0, 0.1) is 11.6 Å². The van der Waals surface area contributed by atoms with Gasteiger partial charge in [0.25, 0.3) is 0 Å². The van der Waals surface area contributed by atoms with Crippen molar-refractivity contribution in [2.24, 2.45) is 7.05 Å². The largest absolute Gasteiger partial charge is 0.491 e. The van der Waals surface area contributed by atoms with Crippen LogP contribution in [-0.2, 0) is 7.05 Å². The Morgan fingerprint density at radius 1 is 1.42 bits per heavy atom. The van der Waals surface area contributed by atoms with Gasteiger partial charge in [0.2, 0.25) is 0 Å². The molecule has 0 amide bonds.